The molecule has 0 aliphatic carbocycles. The largest absolute Gasteiger partial charge is 0.362 e. The smallest absolute Gasteiger partial charge is 0.241 e. The molecular formula is C9H12N10. The van der Waals surface area contributed by atoms with Crippen LogP contribution in [0.15, 0.2) is 12.5 Å². The normalized spacial score (nSPS) is 10.8. The van der Waals surface area contributed by atoms with Crippen LogP contribution in [0.4, 0.5) is 11.8 Å². The van der Waals surface area contributed by atoms with Crippen molar-refractivity contribution >= 4 is 22.8 Å². The van der Waals surface area contributed by atoms with Crippen LogP contribution in [-0.2, 0) is 13.6 Å². The molecule has 10 heteroatoms. The molecule has 5 N–H and O–H groups in total. The molecule has 0 amide bonds. The van der Waals surface area contributed by atoms with Crippen molar-refractivity contribution < 1.29 is 0 Å². The summed E-state index contributed by atoms with van der Waals surface area (Å²) in [4.78, 5) is 12.5. The highest BCUT2D eigenvalue weighted by atomic mass is 15.3. The number of nitrogen functional groups attached to an aromatic ring is 1. The minimum atomic E-state index is 0.299. The number of aromatic nitrogens is 7. The highest BCUT2D eigenvalue weighted by Gasteiger charge is 2.09. The zero-order chi connectivity index (χ0) is 13.2. The SMILES string of the molecule is Cn1cnc(CNc2nc(NN)nc3[nH]ncc23)n1. The summed E-state index contributed by atoms with van der Waals surface area (Å²) in [7, 11) is 1.81. The summed E-state index contributed by atoms with van der Waals surface area (Å²) in [6, 6.07) is 0. The van der Waals surface area contributed by atoms with Gasteiger partial charge in [-0.15, -0.1) is 0 Å². The van der Waals surface area contributed by atoms with E-state index < -0.39 is 0 Å². The van der Waals surface area contributed by atoms with Gasteiger partial charge in [0.25, 0.3) is 0 Å². The number of rotatable bonds is 4. The van der Waals surface area contributed by atoms with Crippen LogP contribution in [0.3, 0.4) is 0 Å². The number of nitrogens with two attached hydrogens (primary N) is 1. The summed E-state index contributed by atoms with van der Waals surface area (Å²) in [5.41, 5.74) is 3.00. The van der Waals surface area contributed by atoms with Crippen molar-refractivity contribution in [3.63, 3.8) is 0 Å². The second-order valence-electron chi connectivity index (χ2n) is 3.86. The minimum absolute atomic E-state index is 0.299. The van der Waals surface area contributed by atoms with Gasteiger partial charge in [-0.05, 0) is 0 Å². The summed E-state index contributed by atoms with van der Waals surface area (Å²) >= 11 is 0. The van der Waals surface area contributed by atoms with Crippen molar-refractivity contribution in [3.05, 3.63) is 18.3 Å². The monoisotopic (exact) mass is 260 g/mol. The maximum atomic E-state index is 5.32. The first-order valence-electron chi connectivity index (χ1n) is 5.52. The van der Waals surface area contributed by atoms with E-state index in [1.165, 1.54) is 0 Å². The van der Waals surface area contributed by atoms with Crippen molar-refractivity contribution in [3.8, 4) is 0 Å². The molecule has 0 bridgehead atoms. The standard InChI is InChI=1S/C9H12N10/c1-19-4-12-6(18-19)3-11-7-5-2-13-17-8(5)15-9(14-7)16-10/h2,4H,3,10H2,1H3,(H3,11,13,14,15,16,17). The Bertz CT molecular complexity index is 698. The van der Waals surface area contributed by atoms with Crippen molar-refractivity contribution in [2.45, 2.75) is 6.54 Å². The van der Waals surface area contributed by atoms with E-state index in [4.69, 9.17) is 5.84 Å². The summed E-state index contributed by atoms with van der Waals surface area (Å²) in [5.74, 6) is 6.90. The van der Waals surface area contributed by atoms with E-state index in [9.17, 15) is 0 Å². The molecule has 98 valence electrons. The van der Waals surface area contributed by atoms with Gasteiger partial charge in [0.05, 0.1) is 18.1 Å². The van der Waals surface area contributed by atoms with E-state index in [2.05, 4.69) is 41.0 Å². The van der Waals surface area contributed by atoms with Crippen LogP contribution in [0.2, 0.25) is 0 Å². The molecule has 0 radical (unpaired) electrons. The third kappa shape index (κ3) is 2.15. The van der Waals surface area contributed by atoms with Crippen LogP contribution in [0.25, 0.3) is 11.0 Å². The molecule has 3 aromatic heterocycles. The number of hydrogen-bond donors (Lipinski definition) is 4. The zero-order valence-electron chi connectivity index (χ0n) is 10.1. The van der Waals surface area contributed by atoms with Crippen LogP contribution in [-0.4, -0.2) is 34.9 Å². The fraction of sp³-hybridized carbons (Fsp3) is 0.222. The lowest BCUT2D eigenvalue weighted by molar-refractivity contribution is 0.747. The van der Waals surface area contributed by atoms with Gasteiger partial charge >= 0.3 is 0 Å². The van der Waals surface area contributed by atoms with Gasteiger partial charge in [0.2, 0.25) is 5.95 Å². The molecule has 3 rings (SSSR count). The molecular weight excluding hydrogens is 248 g/mol. The van der Waals surface area contributed by atoms with Crippen LogP contribution in [0.5, 0.6) is 0 Å². The molecule has 0 saturated heterocycles. The number of anilines is 2. The van der Waals surface area contributed by atoms with Crippen LogP contribution in [0.1, 0.15) is 5.82 Å². The highest BCUT2D eigenvalue weighted by Crippen LogP contribution is 2.19. The Hall–Kier alpha value is -2.75. The van der Waals surface area contributed by atoms with Gasteiger partial charge in [-0.3, -0.25) is 15.2 Å². The number of fused-ring (bicyclic) bond motifs is 1. The fourth-order valence-electron chi connectivity index (χ4n) is 1.66. The average molecular weight is 260 g/mol. The second-order valence-corrected chi connectivity index (χ2v) is 3.86. The lowest BCUT2D eigenvalue weighted by Crippen LogP contribution is -2.12. The maximum Gasteiger partial charge on any atom is 0.241 e. The Labute approximate surface area is 107 Å². The number of hydrazine groups is 1. The van der Waals surface area contributed by atoms with E-state index >= 15 is 0 Å². The van der Waals surface area contributed by atoms with Crippen LogP contribution < -0.4 is 16.6 Å². The van der Waals surface area contributed by atoms with Gasteiger partial charge < -0.3 is 5.32 Å². The van der Waals surface area contributed by atoms with Gasteiger partial charge in [-0.25, -0.2) is 10.8 Å². The van der Waals surface area contributed by atoms with Gasteiger partial charge in [0.15, 0.2) is 11.5 Å². The number of nitrogens with zero attached hydrogens (tertiary/aromatic N) is 6. The van der Waals surface area contributed by atoms with Gasteiger partial charge in [0, 0.05) is 7.05 Å². The van der Waals surface area contributed by atoms with E-state index in [-0.39, 0.29) is 0 Å². The molecule has 0 unspecified atom stereocenters. The van der Waals surface area contributed by atoms with Crippen molar-refractivity contribution in [2.75, 3.05) is 10.7 Å². The Morgan fingerprint density at radius 2 is 2.32 bits per heavy atom. The fourth-order valence-corrected chi connectivity index (χ4v) is 1.66. The van der Waals surface area contributed by atoms with Gasteiger partial charge in [-0.1, -0.05) is 0 Å². The number of H-pyrrole nitrogens is 1. The van der Waals surface area contributed by atoms with E-state index in [1.54, 1.807) is 17.2 Å². The minimum Gasteiger partial charge on any atom is -0.362 e. The molecule has 0 atom stereocenters. The predicted octanol–water partition coefficient (Wildman–Crippen LogP) is -0.621. The Morgan fingerprint density at radius 1 is 1.42 bits per heavy atom. The van der Waals surface area contributed by atoms with Gasteiger partial charge in [0.1, 0.15) is 12.1 Å². The zero-order valence-corrected chi connectivity index (χ0v) is 10.1. The molecule has 3 heterocycles. The molecule has 10 nitrogen and oxygen atoms in total. The number of aromatic amines is 1. The van der Waals surface area contributed by atoms with Crippen molar-refractivity contribution in [2.24, 2.45) is 12.9 Å². The maximum absolute atomic E-state index is 5.32. The molecule has 0 saturated carbocycles. The predicted molar refractivity (Wildman–Crippen MR) is 67.8 cm³/mol. The Balaban J connectivity index is 1.88. The lowest BCUT2D eigenvalue weighted by Gasteiger charge is -2.06. The van der Waals surface area contributed by atoms with E-state index in [0.29, 0.717) is 29.8 Å². The van der Waals surface area contributed by atoms with Crippen LogP contribution in [0, 0.1) is 0 Å². The van der Waals surface area contributed by atoms with E-state index in [1.807, 2.05) is 7.05 Å². The highest BCUT2D eigenvalue weighted by molar-refractivity contribution is 5.86. The topological polar surface area (TPSA) is 135 Å². The molecule has 3 aromatic rings. The molecule has 19 heavy (non-hydrogen) atoms. The van der Waals surface area contributed by atoms with Crippen molar-refractivity contribution in [1.82, 2.24) is 34.9 Å². The summed E-state index contributed by atoms with van der Waals surface area (Å²) in [5, 5.41) is 14.8. The van der Waals surface area contributed by atoms with Gasteiger partial charge in [-0.2, -0.15) is 20.2 Å². The van der Waals surface area contributed by atoms with Crippen LogP contribution >= 0.6 is 0 Å². The quantitative estimate of drug-likeness (QED) is 0.360. The molecule has 0 aromatic carbocycles. The summed E-state index contributed by atoms with van der Waals surface area (Å²) in [6.07, 6.45) is 3.28. The molecule has 0 aliphatic heterocycles. The number of hydrogen-bond acceptors (Lipinski definition) is 8. The molecule has 0 aliphatic rings. The Morgan fingerprint density at radius 3 is 3.05 bits per heavy atom. The average Bonchev–Trinajstić information content (AvgIpc) is 3.04. The first-order chi connectivity index (χ1) is 9.26. The number of nitrogens with one attached hydrogen (secondary N) is 3. The Kier molecular flexibility index (Phi) is 2.68. The van der Waals surface area contributed by atoms with Crippen molar-refractivity contribution in [1.29, 1.82) is 0 Å². The first-order valence-corrected chi connectivity index (χ1v) is 5.52. The third-order valence-electron chi connectivity index (χ3n) is 2.50. The molecule has 0 fully saturated rings. The first kappa shape index (κ1) is 11.3. The van der Waals surface area contributed by atoms with E-state index in [0.717, 1.165) is 5.39 Å². The second kappa shape index (κ2) is 4.49. The molecule has 0 spiro atoms. The lowest BCUT2D eigenvalue weighted by atomic mass is 10.4. The summed E-state index contributed by atoms with van der Waals surface area (Å²) in [6.45, 7) is 0.447. The third-order valence-corrected chi connectivity index (χ3v) is 2.50. The summed E-state index contributed by atoms with van der Waals surface area (Å²) < 4.78 is 1.64. The number of aryl methyl sites for hydroxylation is 1.